The lowest BCUT2D eigenvalue weighted by Crippen LogP contribution is -2.53. The topological polar surface area (TPSA) is 92.9 Å². The molecule has 3 unspecified atom stereocenters. The van der Waals surface area contributed by atoms with Gasteiger partial charge in [-0.05, 0) is 32.6 Å². The van der Waals surface area contributed by atoms with Gasteiger partial charge in [-0.1, -0.05) is 0 Å². The molecule has 2 heterocycles. The fourth-order valence-electron chi connectivity index (χ4n) is 2.77. The second-order valence-electron chi connectivity index (χ2n) is 5.23. The van der Waals surface area contributed by atoms with Crippen molar-refractivity contribution in [2.45, 2.75) is 50.4 Å². The van der Waals surface area contributed by atoms with Gasteiger partial charge < -0.3 is 20.5 Å². The van der Waals surface area contributed by atoms with Crippen LogP contribution in [0.3, 0.4) is 0 Å². The van der Waals surface area contributed by atoms with Gasteiger partial charge in [-0.2, -0.15) is 0 Å². The van der Waals surface area contributed by atoms with Crippen LogP contribution in [0, 0.1) is 0 Å². The number of ether oxygens (including phenoxy) is 1. The number of carboxylic acid groups (broad SMARTS) is 1. The van der Waals surface area contributed by atoms with Crippen LogP contribution in [0.5, 0.6) is 0 Å². The second kappa shape index (κ2) is 4.85. The Balaban J connectivity index is 2.07. The van der Waals surface area contributed by atoms with Crippen LogP contribution in [0.15, 0.2) is 0 Å². The Kier molecular flexibility index (Phi) is 3.59. The molecule has 3 atom stereocenters. The van der Waals surface area contributed by atoms with E-state index in [0.717, 1.165) is 12.8 Å². The van der Waals surface area contributed by atoms with Gasteiger partial charge >= 0.3 is 5.97 Å². The molecule has 2 rings (SSSR count). The third kappa shape index (κ3) is 2.10. The van der Waals surface area contributed by atoms with Gasteiger partial charge in [0, 0.05) is 13.1 Å². The molecule has 0 radical (unpaired) electrons. The molecule has 2 aliphatic rings. The van der Waals surface area contributed by atoms with Crippen LogP contribution in [0.2, 0.25) is 0 Å². The van der Waals surface area contributed by atoms with E-state index >= 15 is 0 Å². The number of carboxylic acids is 1. The summed E-state index contributed by atoms with van der Waals surface area (Å²) < 4.78 is 5.55. The standard InChI is InChI=1S/C12H20N2O4/c1-12(11(16)17)5-2-6-14(12)10(15)9-4-3-8(7-13)18-9/h8-9H,2-7,13H2,1H3,(H,16,17). The third-order valence-electron chi connectivity index (χ3n) is 4.01. The molecule has 0 aromatic carbocycles. The van der Waals surface area contributed by atoms with E-state index in [1.54, 1.807) is 6.92 Å². The predicted octanol–water partition coefficient (Wildman–Crippen LogP) is -0.0416. The Morgan fingerprint density at radius 1 is 1.50 bits per heavy atom. The highest BCUT2D eigenvalue weighted by atomic mass is 16.5. The van der Waals surface area contributed by atoms with Crippen LogP contribution in [0.4, 0.5) is 0 Å². The molecule has 0 spiro atoms. The van der Waals surface area contributed by atoms with Gasteiger partial charge in [0.2, 0.25) is 0 Å². The zero-order valence-corrected chi connectivity index (χ0v) is 10.6. The molecule has 2 saturated heterocycles. The molecule has 6 nitrogen and oxygen atoms in total. The number of aliphatic carboxylic acids is 1. The molecule has 102 valence electrons. The molecular weight excluding hydrogens is 236 g/mol. The Hall–Kier alpha value is -1.14. The van der Waals surface area contributed by atoms with Gasteiger partial charge in [0.1, 0.15) is 11.6 Å². The van der Waals surface area contributed by atoms with Crippen LogP contribution in [0.25, 0.3) is 0 Å². The second-order valence-corrected chi connectivity index (χ2v) is 5.23. The van der Waals surface area contributed by atoms with Crippen molar-refractivity contribution in [2.24, 2.45) is 5.73 Å². The largest absolute Gasteiger partial charge is 0.480 e. The van der Waals surface area contributed by atoms with Crippen LogP contribution < -0.4 is 5.73 Å². The summed E-state index contributed by atoms with van der Waals surface area (Å²) in [5.41, 5.74) is 4.43. The molecule has 0 aromatic rings. The summed E-state index contributed by atoms with van der Waals surface area (Å²) in [5, 5.41) is 9.28. The predicted molar refractivity (Wildman–Crippen MR) is 63.9 cm³/mol. The number of carbonyl (C=O) groups excluding carboxylic acids is 1. The lowest BCUT2D eigenvalue weighted by atomic mass is 9.98. The Labute approximate surface area is 106 Å². The highest BCUT2D eigenvalue weighted by Gasteiger charge is 2.48. The van der Waals surface area contributed by atoms with Crippen molar-refractivity contribution in [2.75, 3.05) is 13.1 Å². The number of hydrogen-bond donors (Lipinski definition) is 2. The van der Waals surface area contributed by atoms with E-state index in [0.29, 0.717) is 25.9 Å². The maximum atomic E-state index is 12.3. The van der Waals surface area contributed by atoms with Gasteiger partial charge in [0.05, 0.1) is 6.10 Å². The Morgan fingerprint density at radius 2 is 2.22 bits per heavy atom. The average Bonchev–Trinajstić information content (AvgIpc) is 2.95. The van der Waals surface area contributed by atoms with Gasteiger partial charge in [0.25, 0.3) is 5.91 Å². The highest BCUT2D eigenvalue weighted by Crippen LogP contribution is 2.32. The van der Waals surface area contributed by atoms with E-state index in [2.05, 4.69) is 0 Å². The zero-order chi connectivity index (χ0) is 13.3. The van der Waals surface area contributed by atoms with Crippen molar-refractivity contribution in [3.63, 3.8) is 0 Å². The number of likely N-dealkylation sites (tertiary alicyclic amines) is 1. The summed E-state index contributed by atoms with van der Waals surface area (Å²) in [7, 11) is 0. The molecule has 3 N–H and O–H groups in total. The molecule has 6 heteroatoms. The number of rotatable bonds is 3. The first kappa shape index (κ1) is 13.3. The summed E-state index contributed by atoms with van der Waals surface area (Å²) in [6, 6.07) is 0. The lowest BCUT2D eigenvalue weighted by Gasteiger charge is -2.32. The number of nitrogens with two attached hydrogens (primary N) is 1. The fraction of sp³-hybridized carbons (Fsp3) is 0.833. The average molecular weight is 256 g/mol. The molecule has 0 aromatic heterocycles. The maximum absolute atomic E-state index is 12.3. The van der Waals surface area contributed by atoms with Crippen molar-refractivity contribution >= 4 is 11.9 Å². The zero-order valence-electron chi connectivity index (χ0n) is 10.6. The SMILES string of the molecule is CC1(C(=O)O)CCCN1C(=O)C1CCC(CN)O1. The summed E-state index contributed by atoms with van der Waals surface area (Å²) >= 11 is 0. The first-order valence-corrected chi connectivity index (χ1v) is 6.39. The van der Waals surface area contributed by atoms with E-state index in [1.807, 2.05) is 0 Å². The van der Waals surface area contributed by atoms with Crippen LogP contribution in [0.1, 0.15) is 32.6 Å². The first-order chi connectivity index (χ1) is 8.49. The van der Waals surface area contributed by atoms with E-state index in [1.165, 1.54) is 4.90 Å². The molecule has 2 fully saturated rings. The van der Waals surface area contributed by atoms with Crippen molar-refractivity contribution in [3.05, 3.63) is 0 Å². The maximum Gasteiger partial charge on any atom is 0.329 e. The lowest BCUT2D eigenvalue weighted by molar-refractivity contribution is -0.160. The minimum atomic E-state index is -1.08. The van der Waals surface area contributed by atoms with Crippen molar-refractivity contribution < 1.29 is 19.4 Å². The van der Waals surface area contributed by atoms with E-state index in [9.17, 15) is 14.7 Å². The number of amides is 1. The number of hydrogen-bond acceptors (Lipinski definition) is 4. The summed E-state index contributed by atoms with van der Waals surface area (Å²) in [6.07, 6.45) is 2.04. The normalized spacial score (nSPS) is 36.0. The van der Waals surface area contributed by atoms with Gasteiger partial charge in [-0.15, -0.1) is 0 Å². The Bertz CT molecular complexity index is 360. The van der Waals surface area contributed by atoms with Gasteiger partial charge in [0.15, 0.2) is 0 Å². The highest BCUT2D eigenvalue weighted by molar-refractivity contribution is 5.89. The molecule has 0 saturated carbocycles. The smallest absolute Gasteiger partial charge is 0.329 e. The van der Waals surface area contributed by atoms with E-state index in [-0.39, 0.29) is 12.0 Å². The molecule has 0 bridgehead atoms. The first-order valence-electron chi connectivity index (χ1n) is 6.39. The monoisotopic (exact) mass is 256 g/mol. The van der Waals surface area contributed by atoms with Gasteiger partial charge in [-0.3, -0.25) is 4.79 Å². The van der Waals surface area contributed by atoms with Crippen LogP contribution in [-0.2, 0) is 14.3 Å². The van der Waals surface area contributed by atoms with Crippen LogP contribution >= 0.6 is 0 Å². The summed E-state index contributed by atoms with van der Waals surface area (Å²) in [6.45, 7) is 2.50. The fourth-order valence-corrected chi connectivity index (χ4v) is 2.77. The minimum absolute atomic E-state index is 0.0716. The third-order valence-corrected chi connectivity index (χ3v) is 4.01. The number of nitrogens with zero attached hydrogens (tertiary/aromatic N) is 1. The molecular formula is C12H20N2O4. The van der Waals surface area contributed by atoms with Crippen molar-refractivity contribution in [3.8, 4) is 0 Å². The molecule has 1 amide bonds. The molecule has 2 aliphatic heterocycles. The Morgan fingerprint density at radius 3 is 2.78 bits per heavy atom. The van der Waals surface area contributed by atoms with E-state index in [4.69, 9.17) is 10.5 Å². The van der Waals surface area contributed by atoms with Crippen molar-refractivity contribution in [1.29, 1.82) is 0 Å². The van der Waals surface area contributed by atoms with Gasteiger partial charge in [-0.25, -0.2) is 4.79 Å². The van der Waals surface area contributed by atoms with Crippen molar-refractivity contribution in [1.82, 2.24) is 4.90 Å². The summed E-state index contributed by atoms with van der Waals surface area (Å²) in [4.78, 5) is 25.1. The summed E-state index contributed by atoms with van der Waals surface area (Å²) in [5.74, 6) is -1.14. The van der Waals surface area contributed by atoms with E-state index < -0.39 is 17.6 Å². The molecule has 18 heavy (non-hydrogen) atoms. The van der Waals surface area contributed by atoms with Crippen LogP contribution in [-0.4, -0.2) is 52.7 Å². The molecule has 0 aliphatic carbocycles. The number of carbonyl (C=O) groups is 2. The quantitative estimate of drug-likeness (QED) is 0.739. The minimum Gasteiger partial charge on any atom is -0.480 e.